The summed E-state index contributed by atoms with van der Waals surface area (Å²) in [5, 5.41) is 20.0. The smallest absolute Gasteiger partial charge is 0.387 e. The fourth-order valence-electron chi connectivity index (χ4n) is 6.92. The lowest BCUT2D eigenvalue weighted by Gasteiger charge is -2.46. The van der Waals surface area contributed by atoms with Crippen LogP contribution in [0.2, 0.25) is 0 Å². The Hall–Kier alpha value is -4.36. The summed E-state index contributed by atoms with van der Waals surface area (Å²) >= 11 is 0. The average molecular weight is 542 g/mol. The van der Waals surface area contributed by atoms with Crippen molar-refractivity contribution in [1.82, 2.24) is 19.3 Å². The zero-order valence-corrected chi connectivity index (χ0v) is 21.8. The number of pyridine rings is 2. The molecule has 40 heavy (non-hydrogen) atoms. The molecular weight excluding hydrogens is 516 g/mol. The quantitative estimate of drug-likeness (QED) is 0.392. The van der Waals surface area contributed by atoms with Gasteiger partial charge >= 0.3 is 6.61 Å². The number of hydrogen-bond donors (Lipinski definition) is 1. The van der Waals surface area contributed by atoms with E-state index in [0.717, 1.165) is 22.5 Å². The standard InChI is InChI=1S/C30H25F2N5O3/c1-29(39)13-30(14-29,15-33)22-8-6-16(11-34-22)17-7-9-23-35-25-20-10-19(26(25)37(23)12-17)24-18(27(38)36(20)2)4-3-5-21(24)40-28(31)32/h3-9,11-12,19-20,28,39H,10,13-14H2,1-2H3. The maximum Gasteiger partial charge on any atom is 0.387 e. The van der Waals surface area contributed by atoms with E-state index in [1.165, 1.54) is 6.07 Å². The van der Waals surface area contributed by atoms with E-state index in [0.29, 0.717) is 41.7 Å². The van der Waals surface area contributed by atoms with Crippen LogP contribution in [-0.4, -0.2) is 49.5 Å². The molecule has 1 fully saturated rings. The summed E-state index contributed by atoms with van der Waals surface area (Å²) in [7, 11) is 1.72. The SMILES string of the molecule is CN1C(=O)c2cccc(OC(F)F)c2C2CC1c1nc3ccc(-c4ccc(C5(C#N)CC(C)(O)C5)nc4)cn3c12. The third kappa shape index (κ3) is 3.47. The van der Waals surface area contributed by atoms with E-state index in [1.54, 1.807) is 37.2 Å². The third-order valence-electron chi connectivity index (χ3n) is 8.60. The van der Waals surface area contributed by atoms with Crippen molar-refractivity contribution >= 4 is 11.6 Å². The maximum absolute atomic E-state index is 13.4. The van der Waals surface area contributed by atoms with E-state index < -0.39 is 17.6 Å². The second-order valence-corrected chi connectivity index (χ2v) is 11.3. The van der Waals surface area contributed by atoms with Crippen molar-refractivity contribution in [3.8, 4) is 22.9 Å². The number of benzene rings is 1. The first-order valence-corrected chi connectivity index (χ1v) is 13.1. The number of nitrogens with zero attached hydrogens (tertiary/aromatic N) is 5. The highest BCUT2D eigenvalue weighted by Gasteiger charge is 2.53. The molecule has 4 aromatic rings. The number of ether oxygens (including phenoxy) is 1. The first kappa shape index (κ1) is 24.7. The van der Waals surface area contributed by atoms with E-state index in [9.17, 15) is 23.9 Å². The van der Waals surface area contributed by atoms with Crippen LogP contribution in [0.5, 0.6) is 5.75 Å². The zero-order chi connectivity index (χ0) is 28.0. The molecule has 2 bridgehead atoms. The van der Waals surface area contributed by atoms with Crippen LogP contribution in [0.25, 0.3) is 16.8 Å². The molecule has 10 heteroatoms. The summed E-state index contributed by atoms with van der Waals surface area (Å²) in [6.45, 7) is -1.30. The van der Waals surface area contributed by atoms with Crippen LogP contribution >= 0.6 is 0 Å². The highest BCUT2D eigenvalue weighted by molar-refractivity contribution is 5.98. The van der Waals surface area contributed by atoms with E-state index in [2.05, 4.69) is 11.1 Å². The van der Waals surface area contributed by atoms with Crippen molar-refractivity contribution in [3.63, 3.8) is 0 Å². The highest BCUT2D eigenvalue weighted by Crippen LogP contribution is 2.53. The number of hydrogen-bond acceptors (Lipinski definition) is 6. The molecule has 2 atom stereocenters. The maximum atomic E-state index is 13.4. The Bertz CT molecular complexity index is 1730. The van der Waals surface area contributed by atoms with Gasteiger partial charge in [0, 0.05) is 60.5 Å². The van der Waals surface area contributed by atoms with Gasteiger partial charge in [-0.25, -0.2) is 4.98 Å². The molecule has 8 nitrogen and oxygen atoms in total. The minimum Gasteiger partial charge on any atom is -0.434 e. The number of amides is 1. The van der Waals surface area contributed by atoms with Crippen molar-refractivity contribution in [3.05, 3.63) is 83.1 Å². The van der Waals surface area contributed by atoms with Gasteiger partial charge < -0.3 is 19.1 Å². The fraction of sp³-hybridized carbons (Fsp3) is 0.333. The Morgan fingerprint density at radius 2 is 1.95 bits per heavy atom. The Morgan fingerprint density at radius 1 is 1.18 bits per heavy atom. The van der Waals surface area contributed by atoms with Crippen molar-refractivity contribution in [2.24, 2.45) is 0 Å². The Morgan fingerprint density at radius 3 is 2.62 bits per heavy atom. The molecule has 3 aromatic heterocycles. The van der Waals surface area contributed by atoms with Crippen LogP contribution < -0.4 is 4.74 Å². The van der Waals surface area contributed by atoms with Crippen molar-refractivity contribution < 1.29 is 23.4 Å². The molecule has 0 saturated heterocycles. The second kappa shape index (κ2) is 8.32. The van der Waals surface area contributed by atoms with E-state index in [-0.39, 0.29) is 23.6 Å². The van der Waals surface area contributed by atoms with Crippen LogP contribution in [0.3, 0.4) is 0 Å². The normalized spacial score (nSPS) is 26.7. The van der Waals surface area contributed by atoms with E-state index in [4.69, 9.17) is 9.72 Å². The van der Waals surface area contributed by atoms with Gasteiger partial charge in [0.2, 0.25) is 0 Å². The predicted octanol–water partition coefficient (Wildman–Crippen LogP) is 4.97. The number of alkyl halides is 2. The van der Waals surface area contributed by atoms with Crippen LogP contribution in [0, 0.1) is 11.3 Å². The molecule has 2 aliphatic carbocycles. The summed E-state index contributed by atoms with van der Waals surface area (Å²) < 4.78 is 33.6. The summed E-state index contributed by atoms with van der Waals surface area (Å²) in [6, 6.07) is 14.3. The van der Waals surface area contributed by atoms with Gasteiger partial charge in [-0.05, 0) is 43.7 Å². The monoisotopic (exact) mass is 541 g/mol. The van der Waals surface area contributed by atoms with Gasteiger partial charge in [-0.15, -0.1) is 0 Å². The van der Waals surface area contributed by atoms with Gasteiger partial charge in [0.15, 0.2) is 0 Å². The number of carbonyl (C=O) groups excluding carboxylic acids is 1. The first-order chi connectivity index (χ1) is 19.1. The zero-order valence-electron chi connectivity index (χ0n) is 21.8. The van der Waals surface area contributed by atoms with Gasteiger partial charge in [-0.3, -0.25) is 9.78 Å². The molecule has 1 N–H and O–H groups in total. The topological polar surface area (TPSA) is 104 Å². The molecule has 4 heterocycles. The van der Waals surface area contributed by atoms with Crippen LogP contribution in [0.1, 0.15) is 71.1 Å². The van der Waals surface area contributed by atoms with Gasteiger partial charge in [0.05, 0.1) is 34.8 Å². The Kier molecular flexibility index (Phi) is 5.13. The van der Waals surface area contributed by atoms with E-state index >= 15 is 0 Å². The third-order valence-corrected chi connectivity index (χ3v) is 8.60. The molecule has 1 aromatic carbocycles. The lowest BCUT2D eigenvalue weighted by Crippen LogP contribution is -2.52. The van der Waals surface area contributed by atoms with E-state index in [1.807, 2.05) is 34.9 Å². The van der Waals surface area contributed by atoms with Crippen LogP contribution in [0.4, 0.5) is 8.78 Å². The van der Waals surface area contributed by atoms with Gasteiger partial charge in [0.25, 0.3) is 5.91 Å². The number of rotatable bonds is 4. The molecule has 2 unspecified atom stereocenters. The van der Waals surface area contributed by atoms with Crippen LogP contribution in [-0.2, 0) is 5.41 Å². The molecule has 0 radical (unpaired) electrons. The number of aliphatic hydroxyl groups is 1. The van der Waals surface area contributed by atoms with Gasteiger partial charge in [-0.1, -0.05) is 12.1 Å². The highest BCUT2D eigenvalue weighted by atomic mass is 19.3. The number of aromatic nitrogens is 3. The van der Waals surface area contributed by atoms with Crippen molar-refractivity contribution in [2.45, 2.75) is 55.8 Å². The first-order valence-electron chi connectivity index (χ1n) is 13.1. The molecule has 7 rings (SSSR count). The second-order valence-electron chi connectivity index (χ2n) is 11.3. The summed E-state index contributed by atoms with van der Waals surface area (Å²) in [6.07, 6.45) is 4.86. The van der Waals surface area contributed by atoms with Crippen molar-refractivity contribution in [2.75, 3.05) is 7.05 Å². The molecule has 1 saturated carbocycles. The summed E-state index contributed by atoms with van der Waals surface area (Å²) in [5.74, 6) is -0.619. The Labute approximate surface area is 228 Å². The number of halogens is 2. The lowest BCUT2D eigenvalue weighted by atomic mass is 9.59. The largest absolute Gasteiger partial charge is 0.434 e. The van der Waals surface area contributed by atoms with Gasteiger partial charge in [0.1, 0.15) is 16.8 Å². The minimum atomic E-state index is -3.02. The molecule has 1 amide bonds. The molecule has 1 aliphatic heterocycles. The Balaban J connectivity index is 1.33. The number of nitriles is 1. The average Bonchev–Trinajstić information content (AvgIpc) is 3.44. The summed E-state index contributed by atoms with van der Waals surface area (Å²) in [4.78, 5) is 24.4. The molecular formula is C30H25F2N5O3. The predicted molar refractivity (Wildman–Crippen MR) is 140 cm³/mol. The molecule has 202 valence electrons. The van der Waals surface area contributed by atoms with Gasteiger partial charge in [-0.2, -0.15) is 14.0 Å². The number of carbonyl (C=O) groups is 1. The number of fused-ring (bicyclic) bond motifs is 9. The summed E-state index contributed by atoms with van der Waals surface area (Å²) in [5.41, 5.74) is 3.76. The lowest BCUT2D eigenvalue weighted by molar-refractivity contribution is -0.0569. The molecule has 0 spiro atoms. The fourth-order valence-corrected chi connectivity index (χ4v) is 6.92. The number of imidazole rings is 1. The minimum absolute atomic E-state index is 0.0000345. The van der Waals surface area contributed by atoms with Crippen molar-refractivity contribution in [1.29, 1.82) is 5.26 Å². The van der Waals surface area contributed by atoms with Crippen LogP contribution in [0.15, 0.2) is 54.9 Å². The molecule has 3 aliphatic rings.